The Hall–Kier alpha value is -0.240. The third kappa shape index (κ3) is 6.97. The quantitative estimate of drug-likeness (QED) is 0.617. The zero-order valence-corrected chi connectivity index (χ0v) is 12.9. The van der Waals surface area contributed by atoms with Crippen LogP contribution in [0.4, 0.5) is 0 Å². The Morgan fingerprint density at radius 1 is 1.30 bits per heavy atom. The summed E-state index contributed by atoms with van der Waals surface area (Å²) in [5, 5.41) is 20.3. The van der Waals surface area contributed by atoms with Gasteiger partial charge >= 0.3 is 0 Å². The summed E-state index contributed by atoms with van der Waals surface area (Å²) in [6.07, 6.45) is 0.700. The van der Waals surface area contributed by atoms with Crippen molar-refractivity contribution in [2.75, 3.05) is 53.7 Å². The molecule has 1 aliphatic heterocycles. The van der Waals surface area contributed by atoms with Crippen LogP contribution in [0.2, 0.25) is 0 Å². The van der Waals surface area contributed by atoms with Gasteiger partial charge in [0.15, 0.2) is 0 Å². The summed E-state index contributed by atoms with van der Waals surface area (Å²) in [5.74, 6) is 0. The molecular formula is C14H29NO5. The van der Waals surface area contributed by atoms with Gasteiger partial charge in [0.25, 0.3) is 0 Å². The van der Waals surface area contributed by atoms with Gasteiger partial charge < -0.3 is 29.3 Å². The average molecular weight is 291 g/mol. The highest BCUT2D eigenvalue weighted by molar-refractivity contribution is 4.84. The van der Waals surface area contributed by atoms with E-state index < -0.39 is 11.7 Å². The average Bonchev–Trinajstić information content (AvgIpc) is 2.36. The van der Waals surface area contributed by atoms with Crippen LogP contribution in [0.3, 0.4) is 0 Å². The van der Waals surface area contributed by atoms with Crippen LogP contribution in [-0.4, -0.2) is 86.6 Å². The summed E-state index contributed by atoms with van der Waals surface area (Å²) in [6.45, 7) is 4.92. The molecule has 2 atom stereocenters. The molecule has 0 aliphatic carbocycles. The fourth-order valence-electron chi connectivity index (χ4n) is 2.45. The number of ether oxygens (including phenoxy) is 3. The van der Waals surface area contributed by atoms with Gasteiger partial charge in [-0.25, -0.2) is 0 Å². The minimum atomic E-state index is -0.698. The number of aliphatic hydroxyl groups is 2. The molecule has 0 aromatic rings. The second kappa shape index (κ2) is 8.92. The van der Waals surface area contributed by atoms with Gasteiger partial charge in [0.1, 0.15) is 0 Å². The lowest BCUT2D eigenvalue weighted by Crippen LogP contribution is -2.47. The van der Waals surface area contributed by atoms with Crippen LogP contribution >= 0.6 is 0 Å². The molecule has 1 aliphatic rings. The van der Waals surface area contributed by atoms with Crippen LogP contribution < -0.4 is 0 Å². The zero-order valence-electron chi connectivity index (χ0n) is 12.9. The molecule has 0 radical (unpaired) electrons. The molecule has 0 saturated carbocycles. The molecule has 6 nitrogen and oxygen atoms in total. The van der Waals surface area contributed by atoms with Crippen molar-refractivity contribution in [2.45, 2.75) is 37.6 Å². The van der Waals surface area contributed by atoms with Crippen LogP contribution in [0.25, 0.3) is 0 Å². The summed E-state index contributed by atoms with van der Waals surface area (Å²) in [4.78, 5) is 1.94. The number of likely N-dealkylation sites (N-methyl/N-ethyl adjacent to an activating group) is 1. The minimum absolute atomic E-state index is 0.0281. The van der Waals surface area contributed by atoms with Gasteiger partial charge in [-0.05, 0) is 14.0 Å². The largest absolute Gasteiger partial charge is 0.389 e. The van der Waals surface area contributed by atoms with E-state index >= 15 is 0 Å². The summed E-state index contributed by atoms with van der Waals surface area (Å²) >= 11 is 0. The van der Waals surface area contributed by atoms with Crippen LogP contribution in [0.5, 0.6) is 0 Å². The molecule has 2 unspecified atom stereocenters. The summed E-state index contributed by atoms with van der Waals surface area (Å²) in [7, 11) is 3.52. The molecule has 20 heavy (non-hydrogen) atoms. The van der Waals surface area contributed by atoms with E-state index in [1.54, 1.807) is 7.11 Å². The predicted octanol–water partition coefficient (Wildman–Crippen LogP) is -0.128. The van der Waals surface area contributed by atoms with Gasteiger partial charge in [0, 0.05) is 46.3 Å². The monoisotopic (exact) mass is 291 g/mol. The van der Waals surface area contributed by atoms with Gasteiger partial charge in [0.05, 0.1) is 31.0 Å². The first kappa shape index (κ1) is 17.8. The Morgan fingerprint density at radius 3 is 2.55 bits per heavy atom. The zero-order chi connectivity index (χ0) is 15.0. The lowest BCUT2D eigenvalue weighted by Gasteiger charge is -2.36. The van der Waals surface area contributed by atoms with Crippen LogP contribution in [0.15, 0.2) is 0 Å². The molecule has 6 heteroatoms. The second-order valence-electron chi connectivity index (χ2n) is 5.79. The lowest BCUT2D eigenvalue weighted by atomic mass is 9.94. The predicted molar refractivity (Wildman–Crippen MR) is 75.8 cm³/mol. The van der Waals surface area contributed by atoms with Crippen molar-refractivity contribution in [1.82, 2.24) is 4.90 Å². The van der Waals surface area contributed by atoms with E-state index in [0.29, 0.717) is 45.8 Å². The molecule has 0 aromatic carbocycles. The highest BCUT2D eigenvalue weighted by atomic mass is 16.5. The van der Waals surface area contributed by atoms with Crippen molar-refractivity contribution in [3.8, 4) is 0 Å². The van der Waals surface area contributed by atoms with E-state index in [2.05, 4.69) is 0 Å². The highest BCUT2D eigenvalue weighted by Gasteiger charge is 2.31. The Kier molecular flexibility index (Phi) is 7.94. The van der Waals surface area contributed by atoms with Gasteiger partial charge in [-0.3, -0.25) is 0 Å². The van der Waals surface area contributed by atoms with Crippen LogP contribution in [-0.2, 0) is 14.2 Å². The van der Waals surface area contributed by atoms with E-state index in [0.717, 1.165) is 0 Å². The SMILES string of the molecule is COCC(C)OCC(O)CN(C)CC1(O)CCOCC1. The van der Waals surface area contributed by atoms with Gasteiger partial charge in [0.2, 0.25) is 0 Å². The summed E-state index contributed by atoms with van der Waals surface area (Å²) < 4.78 is 15.7. The van der Waals surface area contributed by atoms with E-state index in [-0.39, 0.29) is 12.7 Å². The highest BCUT2D eigenvalue weighted by Crippen LogP contribution is 2.21. The normalized spacial score (nSPS) is 21.9. The van der Waals surface area contributed by atoms with Gasteiger partial charge in [-0.1, -0.05) is 0 Å². The van der Waals surface area contributed by atoms with Gasteiger partial charge in [-0.2, -0.15) is 0 Å². The third-order valence-corrected chi connectivity index (χ3v) is 3.48. The molecule has 0 amide bonds. The number of hydrogen-bond donors (Lipinski definition) is 2. The van der Waals surface area contributed by atoms with Crippen molar-refractivity contribution in [1.29, 1.82) is 0 Å². The fourth-order valence-corrected chi connectivity index (χ4v) is 2.45. The van der Waals surface area contributed by atoms with Crippen molar-refractivity contribution < 1.29 is 24.4 Å². The minimum Gasteiger partial charge on any atom is -0.389 e. The molecule has 0 aromatic heterocycles. The number of rotatable bonds is 9. The fraction of sp³-hybridized carbons (Fsp3) is 1.00. The lowest BCUT2D eigenvalue weighted by molar-refractivity contribution is -0.0847. The number of hydrogen-bond acceptors (Lipinski definition) is 6. The van der Waals surface area contributed by atoms with E-state index in [4.69, 9.17) is 14.2 Å². The Labute approximate surface area is 121 Å². The van der Waals surface area contributed by atoms with E-state index in [1.165, 1.54) is 0 Å². The maximum atomic E-state index is 10.4. The molecule has 120 valence electrons. The van der Waals surface area contributed by atoms with E-state index in [9.17, 15) is 10.2 Å². The molecule has 0 spiro atoms. The Morgan fingerprint density at radius 2 is 1.95 bits per heavy atom. The Balaban J connectivity index is 2.21. The maximum absolute atomic E-state index is 10.4. The first-order valence-corrected chi connectivity index (χ1v) is 7.22. The smallest absolute Gasteiger partial charge is 0.0900 e. The summed E-state index contributed by atoms with van der Waals surface area (Å²) in [6, 6.07) is 0. The standard InChI is InChI=1S/C14H29NO5/c1-12(9-18-3)20-10-13(16)8-15(2)11-14(17)4-6-19-7-5-14/h12-13,16-17H,4-11H2,1-3H3. The maximum Gasteiger partial charge on any atom is 0.0900 e. The van der Waals surface area contributed by atoms with Gasteiger partial charge in [-0.15, -0.1) is 0 Å². The van der Waals surface area contributed by atoms with Crippen LogP contribution in [0.1, 0.15) is 19.8 Å². The number of nitrogens with zero attached hydrogens (tertiary/aromatic N) is 1. The molecular weight excluding hydrogens is 262 g/mol. The molecule has 1 fully saturated rings. The first-order chi connectivity index (χ1) is 9.45. The summed E-state index contributed by atoms with van der Waals surface area (Å²) in [5.41, 5.74) is -0.698. The number of aliphatic hydroxyl groups excluding tert-OH is 1. The third-order valence-electron chi connectivity index (χ3n) is 3.48. The second-order valence-corrected chi connectivity index (χ2v) is 5.79. The van der Waals surface area contributed by atoms with Crippen molar-refractivity contribution in [3.63, 3.8) is 0 Å². The first-order valence-electron chi connectivity index (χ1n) is 7.22. The molecule has 2 N–H and O–H groups in total. The van der Waals surface area contributed by atoms with Crippen LogP contribution in [0, 0.1) is 0 Å². The molecule has 1 heterocycles. The van der Waals surface area contributed by atoms with Crippen molar-refractivity contribution in [3.05, 3.63) is 0 Å². The topological polar surface area (TPSA) is 71.4 Å². The molecule has 0 bridgehead atoms. The molecule has 1 saturated heterocycles. The van der Waals surface area contributed by atoms with E-state index in [1.807, 2.05) is 18.9 Å². The van der Waals surface area contributed by atoms with Crippen molar-refractivity contribution >= 4 is 0 Å². The van der Waals surface area contributed by atoms with Crippen molar-refractivity contribution in [2.24, 2.45) is 0 Å². The molecule has 1 rings (SSSR count). The Bertz CT molecular complexity index is 258. The number of methoxy groups -OCH3 is 1.